The van der Waals surface area contributed by atoms with E-state index in [1.54, 1.807) is 21.3 Å². The Morgan fingerprint density at radius 3 is 1.94 bits per heavy atom. The third kappa shape index (κ3) is 6.63. The van der Waals surface area contributed by atoms with E-state index in [0.717, 1.165) is 18.9 Å². The van der Waals surface area contributed by atoms with Gasteiger partial charge in [0.1, 0.15) is 0 Å². The molecule has 0 aliphatic heterocycles. The van der Waals surface area contributed by atoms with Crippen LogP contribution in [0.25, 0.3) is 0 Å². The molecule has 0 aromatic carbocycles. The van der Waals surface area contributed by atoms with Crippen LogP contribution in [0.3, 0.4) is 0 Å². The normalized spacial score (nSPS) is 15.2. The number of hydrogen-bond donors (Lipinski definition) is 0. The molecule has 0 saturated heterocycles. The Bertz CT molecular complexity index is 244. The summed E-state index contributed by atoms with van der Waals surface area (Å²) in [5.41, 5.74) is 1.22. The van der Waals surface area contributed by atoms with E-state index >= 15 is 0 Å². The molecule has 0 aliphatic rings. The molecule has 5 heteroatoms. The molecule has 0 aromatic heterocycles. The molecule has 108 valence electrons. The number of aliphatic imine (C=N–C) groups is 1. The van der Waals surface area contributed by atoms with E-state index in [0.29, 0.717) is 5.92 Å². The van der Waals surface area contributed by atoms with Gasteiger partial charge < -0.3 is 13.3 Å². The van der Waals surface area contributed by atoms with Crippen LogP contribution >= 0.6 is 0 Å². The third-order valence-electron chi connectivity index (χ3n) is 2.95. The van der Waals surface area contributed by atoms with E-state index in [2.05, 4.69) is 27.7 Å². The maximum absolute atomic E-state index is 5.40. The Hall–Kier alpha value is -0.233. The van der Waals surface area contributed by atoms with Crippen molar-refractivity contribution in [2.45, 2.75) is 52.6 Å². The zero-order valence-corrected chi connectivity index (χ0v) is 13.9. The first-order valence-corrected chi connectivity index (χ1v) is 8.51. The minimum Gasteiger partial charge on any atom is -0.377 e. The highest BCUT2D eigenvalue weighted by Gasteiger charge is 2.37. The molecule has 0 spiro atoms. The van der Waals surface area contributed by atoms with Gasteiger partial charge in [0.15, 0.2) is 0 Å². The smallest absolute Gasteiger partial charge is 0.377 e. The van der Waals surface area contributed by atoms with Crippen LogP contribution in [-0.4, -0.2) is 41.9 Å². The van der Waals surface area contributed by atoms with Crippen molar-refractivity contribution in [3.8, 4) is 0 Å². The van der Waals surface area contributed by atoms with Gasteiger partial charge in [-0.05, 0) is 32.6 Å². The number of nitrogens with zero attached hydrogens (tertiary/aromatic N) is 1. The first-order valence-electron chi connectivity index (χ1n) is 6.57. The van der Waals surface area contributed by atoms with Crippen molar-refractivity contribution in [1.29, 1.82) is 0 Å². The van der Waals surface area contributed by atoms with E-state index in [9.17, 15) is 0 Å². The summed E-state index contributed by atoms with van der Waals surface area (Å²) in [7, 11) is 2.52. The summed E-state index contributed by atoms with van der Waals surface area (Å²) in [5, 5.41) is 0. The first-order chi connectivity index (χ1) is 8.39. The van der Waals surface area contributed by atoms with Gasteiger partial charge in [0.25, 0.3) is 0 Å². The highest BCUT2D eigenvalue weighted by Crippen LogP contribution is 2.18. The second-order valence-corrected chi connectivity index (χ2v) is 8.24. The van der Waals surface area contributed by atoms with Gasteiger partial charge >= 0.3 is 8.80 Å². The monoisotopic (exact) mass is 275 g/mol. The van der Waals surface area contributed by atoms with Crippen LogP contribution in [0.1, 0.15) is 40.5 Å². The van der Waals surface area contributed by atoms with Crippen molar-refractivity contribution in [2.24, 2.45) is 10.9 Å². The summed E-state index contributed by atoms with van der Waals surface area (Å²) >= 11 is 0. The molecule has 1 atom stereocenters. The van der Waals surface area contributed by atoms with Crippen LogP contribution in [0.15, 0.2) is 4.99 Å². The molecule has 0 rings (SSSR count). The Labute approximate surface area is 113 Å². The van der Waals surface area contributed by atoms with E-state index in [1.807, 2.05) is 0 Å². The SMILES string of the molecule is CO[Si](CCC(C)N=C(C)CC(C)C)(OC)OC. The van der Waals surface area contributed by atoms with Crippen molar-refractivity contribution in [1.82, 2.24) is 0 Å². The predicted octanol–water partition coefficient (Wildman–Crippen LogP) is 3.15. The van der Waals surface area contributed by atoms with Crippen LogP contribution < -0.4 is 0 Å². The fraction of sp³-hybridized carbons (Fsp3) is 0.923. The standard InChI is InChI=1S/C13H29NO3Si/c1-11(2)10-13(4)14-12(3)8-9-18(15-5,16-6)17-7/h11-12H,8-10H2,1-7H3. The molecule has 0 bridgehead atoms. The molecule has 0 N–H and O–H groups in total. The Morgan fingerprint density at radius 1 is 1.06 bits per heavy atom. The van der Waals surface area contributed by atoms with Gasteiger partial charge in [-0.25, -0.2) is 0 Å². The Morgan fingerprint density at radius 2 is 1.56 bits per heavy atom. The number of hydrogen-bond acceptors (Lipinski definition) is 4. The van der Waals surface area contributed by atoms with Gasteiger partial charge in [0, 0.05) is 39.1 Å². The fourth-order valence-electron chi connectivity index (χ4n) is 2.03. The number of rotatable bonds is 9. The zero-order valence-electron chi connectivity index (χ0n) is 12.9. The van der Waals surface area contributed by atoms with Gasteiger partial charge in [0.05, 0.1) is 0 Å². The van der Waals surface area contributed by atoms with Gasteiger partial charge in [0.2, 0.25) is 0 Å². The lowest BCUT2D eigenvalue weighted by molar-refractivity contribution is 0.122. The summed E-state index contributed by atoms with van der Waals surface area (Å²) in [6, 6.07) is 1.09. The fourth-order valence-corrected chi connectivity index (χ4v) is 3.91. The summed E-state index contributed by atoms with van der Waals surface area (Å²) in [6.45, 7) is 8.65. The van der Waals surface area contributed by atoms with Crippen LogP contribution in [-0.2, 0) is 13.3 Å². The molecular weight excluding hydrogens is 246 g/mol. The predicted molar refractivity (Wildman–Crippen MR) is 78.2 cm³/mol. The quantitative estimate of drug-likeness (QED) is 0.479. The summed E-state index contributed by atoms with van der Waals surface area (Å²) in [6.07, 6.45) is 1.99. The highest BCUT2D eigenvalue weighted by atomic mass is 28.4. The maximum atomic E-state index is 5.40. The molecular formula is C13H29NO3Si. The molecule has 4 nitrogen and oxygen atoms in total. The zero-order chi connectivity index (χ0) is 14.2. The van der Waals surface area contributed by atoms with Crippen LogP contribution in [0.5, 0.6) is 0 Å². The second kappa shape index (κ2) is 8.80. The molecule has 0 saturated carbocycles. The average Bonchev–Trinajstić information content (AvgIpc) is 2.30. The Kier molecular flexibility index (Phi) is 8.68. The van der Waals surface area contributed by atoms with Gasteiger partial charge in [-0.2, -0.15) is 0 Å². The van der Waals surface area contributed by atoms with Crippen molar-refractivity contribution in [3.63, 3.8) is 0 Å². The maximum Gasteiger partial charge on any atom is 0.500 e. The molecule has 0 aliphatic carbocycles. The molecule has 0 amide bonds. The van der Waals surface area contributed by atoms with Gasteiger partial charge in [-0.3, -0.25) is 4.99 Å². The van der Waals surface area contributed by atoms with Gasteiger partial charge in [-0.15, -0.1) is 0 Å². The molecule has 0 fully saturated rings. The van der Waals surface area contributed by atoms with Crippen molar-refractivity contribution in [2.75, 3.05) is 21.3 Å². The van der Waals surface area contributed by atoms with Crippen LogP contribution in [0.2, 0.25) is 6.04 Å². The average molecular weight is 275 g/mol. The van der Waals surface area contributed by atoms with Crippen LogP contribution in [0, 0.1) is 5.92 Å². The van der Waals surface area contributed by atoms with E-state index < -0.39 is 8.80 Å². The van der Waals surface area contributed by atoms with Crippen molar-refractivity contribution in [3.05, 3.63) is 0 Å². The molecule has 18 heavy (non-hydrogen) atoms. The lowest BCUT2D eigenvalue weighted by Crippen LogP contribution is -2.43. The van der Waals surface area contributed by atoms with E-state index in [-0.39, 0.29) is 6.04 Å². The van der Waals surface area contributed by atoms with E-state index in [4.69, 9.17) is 18.3 Å². The largest absolute Gasteiger partial charge is 0.500 e. The molecule has 0 heterocycles. The lowest BCUT2D eigenvalue weighted by Gasteiger charge is -2.25. The minimum absolute atomic E-state index is 0.288. The van der Waals surface area contributed by atoms with Crippen LogP contribution in [0.4, 0.5) is 0 Å². The molecule has 0 radical (unpaired) electrons. The molecule has 0 aromatic rings. The first kappa shape index (κ1) is 17.8. The molecule has 1 unspecified atom stereocenters. The minimum atomic E-state index is -2.43. The second-order valence-electron chi connectivity index (χ2n) is 5.15. The van der Waals surface area contributed by atoms with E-state index in [1.165, 1.54) is 5.71 Å². The lowest BCUT2D eigenvalue weighted by atomic mass is 10.1. The van der Waals surface area contributed by atoms with Crippen molar-refractivity contribution >= 4 is 14.5 Å². The third-order valence-corrected chi connectivity index (χ3v) is 5.71. The Balaban J connectivity index is 4.28. The van der Waals surface area contributed by atoms with Crippen molar-refractivity contribution < 1.29 is 13.3 Å². The highest BCUT2D eigenvalue weighted by molar-refractivity contribution is 6.60. The topological polar surface area (TPSA) is 40.0 Å². The summed E-state index contributed by atoms with van der Waals surface area (Å²) in [4.78, 5) is 4.70. The summed E-state index contributed by atoms with van der Waals surface area (Å²) in [5.74, 6) is 0.659. The summed E-state index contributed by atoms with van der Waals surface area (Å²) < 4.78 is 16.2. The van der Waals surface area contributed by atoms with Gasteiger partial charge in [-0.1, -0.05) is 13.8 Å².